The number of fused-ring (bicyclic) bond motifs is 1. The Bertz CT molecular complexity index is 469. The Morgan fingerprint density at radius 2 is 1.68 bits per heavy atom. The summed E-state index contributed by atoms with van der Waals surface area (Å²) in [6.45, 7) is 8.50. The fourth-order valence-corrected chi connectivity index (χ4v) is 9.93. The van der Waals surface area contributed by atoms with E-state index < -0.39 is 22.9 Å². The Kier molecular flexibility index (Phi) is 11.9. The molecule has 0 aromatic heterocycles. The minimum atomic E-state index is -0.753. The first-order chi connectivity index (χ1) is 8.88. The zero-order chi connectivity index (χ0) is 14.0. The molecule has 2 unspecified atom stereocenters. The Morgan fingerprint density at radius 1 is 1.09 bits per heavy atom. The van der Waals surface area contributed by atoms with Crippen molar-refractivity contribution in [3.05, 3.63) is 41.5 Å². The first-order valence-electron chi connectivity index (χ1n) is 7.06. The van der Waals surface area contributed by atoms with E-state index in [9.17, 15) is 0 Å². The van der Waals surface area contributed by atoms with E-state index in [0.29, 0.717) is 5.41 Å². The van der Waals surface area contributed by atoms with Gasteiger partial charge in [-0.3, -0.25) is 0 Å². The number of halogens is 3. The maximum absolute atomic E-state index is 2.47. The van der Waals surface area contributed by atoms with Gasteiger partial charge in [-0.15, -0.1) is 37.2 Å². The second kappa shape index (κ2) is 10.5. The van der Waals surface area contributed by atoms with Crippen LogP contribution in [0.4, 0.5) is 0 Å². The largest absolute Gasteiger partial charge is 0.147 e. The topological polar surface area (TPSA) is 3.24 Å². The predicted octanol–water partition coefficient (Wildman–Crippen LogP) is 5.50. The summed E-state index contributed by atoms with van der Waals surface area (Å²) < 4.78 is 1.70. The van der Waals surface area contributed by atoms with E-state index in [2.05, 4.69) is 76.2 Å². The molecule has 1 nitrogen and oxygen atoms in total. The Morgan fingerprint density at radius 3 is 2.23 bits per heavy atom. The van der Waals surface area contributed by atoms with E-state index in [-0.39, 0.29) is 37.2 Å². The summed E-state index contributed by atoms with van der Waals surface area (Å²) in [5.41, 5.74) is 3.50. The molecular weight excluding hydrogens is 503 g/mol. The maximum atomic E-state index is 2.47. The van der Waals surface area contributed by atoms with Gasteiger partial charge in [0.15, 0.2) is 0 Å². The van der Waals surface area contributed by atoms with Crippen LogP contribution in [0.15, 0.2) is 30.3 Å². The van der Waals surface area contributed by atoms with Crippen LogP contribution in [0.1, 0.15) is 35.6 Å². The van der Waals surface area contributed by atoms with Crippen LogP contribution in [-0.2, 0) is 22.9 Å². The van der Waals surface area contributed by atoms with E-state index in [1.165, 1.54) is 12.1 Å². The van der Waals surface area contributed by atoms with Crippen molar-refractivity contribution in [3.8, 4) is 0 Å². The van der Waals surface area contributed by atoms with Crippen LogP contribution >= 0.6 is 37.2 Å². The van der Waals surface area contributed by atoms with Gasteiger partial charge in [-0.25, -0.2) is 0 Å². The molecule has 1 aliphatic carbocycles. The van der Waals surface area contributed by atoms with E-state index in [1.54, 1.807) is 5.56 Å². The molecule has 0 radical (unpaired) electrons. The van der Waals surface area contributed by atoms with Gasteiger partial charge in [0.1, 0.15) is 0 Å². The van der Waals surface area contributed by atoms with Gasteiger partial charge in [-0.2, -0.15) is 0 Å². The van der Waals surface area contributed by atoms with Gasteiger partial charge in [-0.1, -0.05) is 0 Å². The van der Waals surface area contributed by atoms with Crippen LogP contribution in [0.25, 0.3) is 6.08 Å². The molecule has 0 heterocycles. The van der Waals surface area contributed by atoms with Gasteiger partial charge in [-0.05, 0) is 0 Å². The molecule has 0 amide bonds. The van der Waals surface area contributed by atoms with Gasteiger partial charge < -0.3 is 0 Å². The maximum Gasteiger partial charge on any atom is -0.147 e. The summed E-state index contributed by atoms with van der Waals surface area (Å²) >= 11 is -0.753. The van der Waals surface area contributed by atoms with Crippen molar-refractivity contribution in [2.45, 2.75) is 28.1 Å². The minimum absolute atomic E-state index is 0. The SMILES string of the molecule is CN(C)C[CH]([Hf][CH]1C=Cc2ccccc21)C(C)(C)C.Cl.Cl.Cl. The van der Waals surface area contributed by atoms with Crippen molar-refractivity contribution in [3.63, 3.8) is 0 Å². The smallest absolute Gasteiger partial charge is 0.147 e. The van der Waals surface area contributed by atoms with Crippen molar-refractivity contribution in [1.82, 2.24) is 4.90 Å². The van der Waals surface area contributed by atoms with Crippen molar-refractivity contribution in [1.29, 1.82) is 0 Å². The molecule has 1 aliphatic rings. The molecule has 2 rings (SSSR count). The summed E-state index contributed by atoms with van der Waals surface area (Å²) in [6.07, 6.45) is 4.81. The minimum Gasteiger partial charge on any atom is -0.147 e. The zero-order valence-corrected chi connectivity index (χ0v) is 20.0. The third-order valence-corrected chi connectivity index (χ3v) is 12.1. The Labute approximate surface area is 165 Å². The second-order valence-electron chi connectivity index (χ2n) is 6.81. The van der Waals surface area contributed by atoms with Crippen LogP contribution in [0.2, 0.25) is 3.67 Å². The molecule has 2 atom stereocenters. The first-order valence-corrected chi connectivity index (χ1v) is 11.2. The van der Waals surface area contributed by atoms with Gasteiger partial charge in [0.2, 0.25) is 0 Å². The number of benzene rings is 1. The van der Waals surface area contributed by atoms with Crippen LogP contribution in [0.5, 0.6) is 0 Å². The summed E-state index contributed by atoms with van der Waals surface area (Å²) in [6, 6.07) is 8.94. The summed E-state index contributed by atoms with van der Waals surface area (Å²) in [5.74, 6) is 0. The summed E-state index contributed by atoms with van der Waals surface area (Å²) in [7, 11) is 4.42. The molecule has 22 heavy (non-hydrogen) atoms. The fraction of sp³-hybridized carbons (Fsp3) is 0.529. The second-order valence-corrected chi connectivity index (χ2v) is 12.7. The molecule has 126 valence electrons. The molecule has 0 aliphatic heterocycles. The van der Waals surface area contributed by atoms with Crippen molar-refractivity contribution in [2.24, 2.45) is 5.41 Å². The normalized spacial score (nSPS) is 16.9. The third kappa shape index (κ3) is 6.65. The molecule has 0 fully saturated rings. The zero-order valence-electron chi connectivity index (χ0n) is 14.0. The third-order valence-electron chi connectivity index (χ3n) is 3.77. The Hall–Kier alpha value is 0.660. The molecule has 1 aromatic rings. The molecule has 0 bridgehead atoms. The first kappa shape index (κ1) is 24.9. The average Bonchev–Trinajstić information content (AvgIpc) is 2.70. The van der Waals surface area contributed by atoms with E-state index in [4.69, 9.17) is 0 Å². The van der Waals surface area contributed by atoms with Crippen LogP contribution in [0.3, 0.4) is 0 Å². The van der Waals surface area contributed by atoms with E-state index >= 15 is 0 Å². The molecule has 0 N–H and O–H groups in total. The molecule has 5 heteroatoms. The van der Waals surface area contributed by atoms with Gasteiger partial charge in [0.25, 0.3) is 0 Å². The average molecular weight is 531 g/mol. The monoisotopic (exact) mass is 531 g/mol. The summed E-state index contributed by atoms with van der Waals surface area (Å²) in [4.78, 5) is 2.37. The molecule has 0 saturated carbocycles. The van der Waals surface area contributed by atoms with Crippen molar-refractivity contribution >= 4 is 43.3 Å². The summed E-state index contributed by atoms with van der Waals surface area (Å²) in [5, 5.41) is 0. The quantitative estimate of drug-likeness (QED) is 0.465. The van der Waals surface area contributed by atoms with Crippen LogP contribution in [-0.4, -0.2) is 25.5 Å². The predicted molar refractivity (Wildman–Crippen MR) is 102 cm³/mol. The van der Waals surface area contributed by atoms with Gasteiger partial charge in [0, 0.05) is 0 Å². The standard InChI is InChI=1S/C9H7.C8H18N.3ClH.Hf/c1-2-5-9-7-3-6-8(9)4-1;1-8(2,3)6-7-9(4)5;;;;/h1-7H;6H,7H2,1-5H3;3*1H;. The van der Waals surface area contributed by atoms with Crippen molar-refractivity contribution < 1.29 is 22.9 Å². The van der Waals surface area contributed by atoms with Gasteiger partial charge in [0.05, 0.1) is 0 Å². The van der Waals surface area contributed by atoms with E-state index in [1.807, 2.05) is 0 Å². The van der Waals surface area contributed by atoms with Crippen molar-refractivity contribution in [2.75, 3.05) is 20.6 Å². The molecule has 1 aromatic carbocycles. The number of allylic oxidation sites excluding steroid dienone is 1. The van der Waals surface area contributed by atoms with Gasteiger partial charge >= 0.3 is 130 Å². The molecule has 0 saturated heterocycles. The van der Waals surface area contributed by atoms with Crippen LogP contribution in [0, 0.1) is 5.41 Å². The fourth-order valence-electron chi connectivity index (χ4n) is 2.55. The molecule has 0 spiro atoms. The van der Waals surface area contributed by atoms with Crippen LogP contribution < -0.4 is 0 Å². The number of rotatable bonds is 4. The number of nitrogens with zero attached hydrogens (tertiary/aromatic N) is 1. The number of hydrogen-bond acceptors (Lipinski definition) is 1. The Balaban J connectivity index is 0. The molecular formula is C17H28Cl3HfN. The van der Waals surface area contributed by atoms with E-state index in [0.717, 1.165) is 7.35 Å². The number of hydrogen-bond donors (Lipinski definition) is 0.